The fraction of sp³-hybridized carbons (Fsp3) is 0.167. The van der Waals surface area contributed by atoms with E-state index in [0.29, 0.717) is 0 Å². The molecule has 0 saturated heterocycles. The fourth-order valence-corrected chi connectivity index (χ4v) is 0.258. The van der Waals surface area contributed by atoms with Crippen molar-refractivity contribution in [2.75, 3.05) is 0 Å². The van der Waals surface area contributed by atoms with Gasteiger partial charge in [-0.15, -0.1) is 6.58 Å². The SMILES string of the molecule is C=CC[C](F)C(=C)N. The highest BCUT2D eigenvalue weighted by Gasteiger charge is 2.04. The molecule has 0 aromatic rings. The predicted molar refractivity (Wildman–Crippen MR) is 32.5 cm³/mol. The minimum absolute atomic E-state index is 0.00935. The van der Waals surface area contributed by atoms with Crippen LogP contribution in [0.3, 0.4) is 0 Å². The zero-order valence-electron chi connectivity index (χ0n) is 4.65. The summed E-state index contributed by atoms with van der Waals surface area (Å²) in [6.07, 6.45) is 1.21. The van der Waals surface area contributed by atoms with Gasteiger partial charge in [0, 0.05) is 12.1 Å². The Labute approximate surface area is 48.7 Å². The molecule has 0 aliphatic heterocycles. The van der Waals surface area contributed by atoms with Crippen LogP contribution in [0.15, 0.2) is 24.9 Å². The lowest BCUT2D eigenvalue weighted by molar-refractivity contribution is 0.513. The van der Waals surface area contributed by atoms with Gasteiger partial charge in [0.05, 0.1) is 0 Å². The van der Waals surface area contributed by atoms with Crippen molar-refractivity contribution in [1.82, 2.24) is 0 Å². The molecule has 1 radical (unpaired) electrons. The smallest absolute Gasteiger partial charge is 0.192 e. The number of allylic oxidation sites excluding steroid dienone is 2. The molecule has 0 unspecified atom stereocenters. The van der Waals surface area contributed by atoms with Crippen LogP contribution in [0.1, 0.15) is 6.42 Å². The van der Waals surface area contributed by atoms with Crippen LogP contribution in [0, 0.1) is 6.17 Å². The van der Waals surface area contributed by atoms with E-state index in [4.69, 9.17) is 5.73 Å². The van der Waals surface area contributed by atoms with E-state index in [2.05, 4.69) is 13.2 Å². The molecule has 45 valence electrons. The third kappa shape index (κ3) is 2.39. The molecule has 0 atom stereocenters. The fourth-order valence-electron chi connectivity index (χ4n) is 0.258. The van der Waals surface area contributed by atoms with Crippen LogP contribution in [0.2, 0.25) is 0 Å². The molecule has 2 heteroatoms. The van der Waals surface area contributed by atoms with E-state index in [1.54, 1.807) is 0 Å². The van der Waals surface area contributed by atoms with Crippen molar-refractivity contribution in [1.29, 1.82) is 0 Å². The molecule has 0 rings (SSSR count). The van der Waals surface area contributed by atoms with E-state index < -0.39 is 6.17 Å². The molecule has 2 N–H and O–H groups in total. The van der Waals surface area contributed by atoms with Crippen molar-refractivity contribution < 1.29 is 4.39 Å². The third-order valence-corrected chi connectivity index (χ3v) is 0.672. The first-order chi connectivity index (χ1) is 3.68. The summed E-state index contributed by atoms with van der Waals surface area (Å²) in [5, 5.41) is 0. The van der Waals surface area contributed by atoms with Crippen LogP contribution < -0.4 is 5.73 Å². The Kier molecular flexibility index (Phi) is 2.92. The Balaban J connectivity index is 3.46. The zero-order chi connectivity index (χ0) is 6.57. The molecule has 0 aromatic carbocycles. The van der Waals surface area contributed by atoms with Crippen molar-refractivity contribution in [2.45, 2.75) is 6.42 Å². The maximum absolute atomic E-state index is 12.1. The summed E-state index contributed by atoms with van der Waals surface area (Å²) < 4.78 is 12.1. The molecule has 1 nitrogen and oxygen atoms in total. The monoisotopic (exact) mass is 114 g/mol. The van der Waals surface area contributed by atoms with Gasteiger partial charge in [-0.2, -0.15) is 0 Å². The molecule has 0 spiro atoms. The summed E-state index contributed by atoms with van der Waals surface area (Å²) in [7, 11) is 0. The van der Waals surface area contributed by atoms with Crippen LogP contribution >= 0.6 is 0 Å². The highest BCUT2D eigenvalue weighted by molar-refractivity contribution is 5.11. The van der Waals surface area contributed by atoms with Crippen molar-refractivity contribution in [2.24, 2.45) is 5.73 Å². The molecule has 0 aliphatic rings. The van der Waals surface area contributed by atoms with E-state index >= 15 is 0 Å². The van der Waals surface area contributed by atoms with Gasteiger partial charge >= 0.3 is 0 Å². The standard InChI is InChI=1S/C6H9FN/c1-3-4-6(7)5(2)8/h3H,1-2,4,8H2. The van der Waals surface area contributed by atoms with Gasteiger partial charge in [0.1, 0.15) is 0 Å². The second kappa shape index (κ2) is 3.24. The van der Waals surface area contributed by atoms with Crippen molar-refractivity contribution in [3.8, 4) is 0 Å². The Hall–Kier alpha value is -0.790. The summed E-state index contributed by atoms with van der Waals surface area (Å²) in [6, 6.07) is 0. The third-order valence-electron chi connectivity index (χ3n) is 0.672. The first kappa shape index (κ1) is 7.21. The second-order valence-electron chi connectivity index (χ2n) is 1.42. The summed E-state index contributed by atoms with van der Waals surface area (Å²) in [5.41, 5.74) is 4.96. The van der Waals surface area contributed by atoms with Crippen LogP contribution in [-0.2, 0) is 0 Å². The average Bonchev–Trinajstić information content (AvgIpc) is 1.67. The maximum atomic E-state index is 12.1. The highest BCUT2D eigenvalue weighted by Crippen LogP contribution is 2.12. The lowest BCUT2D eigenvalue weighted by Gasteiger charge is -1.98. The van der Waals surface area contributed by atoms with Crippen LogP contribution in [-0.4, -0.2) is 0 Å². The molecule has 0 heterocycles. The van der Waals surface area contributed by atoms with E-state index in [9.17, 15) is 4.39 Å². The van der Waals surface area contributed by atoms with Gasteiger partial charge in [0.2, 0.25) is 0 Å². The molecule has 0 fully saturated rings. The van der Waals surface area contributed by atoms with E-state index in [1.807, 2.05) is 0 Å². The molecule has 0 bridgehead atoms. The summed E-state index contributed by atoms with van der Waals surface area (Å²) >= 11 is 0. The van der Waals surface area contributed by atoms with Crippen LogP contribution in [0.4, 0.5) is 4.39 Å². The minimum atomic E-state index is -0.403. The average molecular weight is 114 g/mol. The summed E-state index contributed by atoms with van der Waals surface area (Å²) in [5.74, 6) is 0. The van der Waals surface area contributed by atoms with E-state index in [0.717, 1.165) is 0 Å². The highest BCUT2D eigenvalue weighted by atomic mass is 19.1. The number of hydrogen-bond acceptors (Lipinski definition) is 1. The Bertz CT molecular complexity index is 98.7. The number of hydrogen-bond donors (Lipinski definition) is 1. The molecule has 0 aromatic heterocycles. The number of rotatable bonds is 3. The van der Waals surface area contributed by atoms with Crippen LogP contribution in [0.5, 0.6) is 0 Å². The zero-order valence-corrected chi connectivity index (χ0v) is 4.65. The minimum Gasteiger partial charge on any atom is -0.400 e. The van der Waals surface area contributed by atoms with Gasteiger partial charge in [-0.05, 0) is 0 Å². The molecule has 0 amide bonds. The lowest BCUT2D eigenvalue weighted by Crippen LogP contribution is -2.01. The summed E-state index contributed by atoms with van der Waals surface area (Å²) in [4.78, 5) is 0. The molecule has 0 aliphatic carbocycles. The predicted octanol–water partition coefficient (Wildman–Crippen LogP) is 1.54. The summed E-state index contributed by atoms with van der Waals surface area (Å²) in [6.45, 7) is 6.52. The van der Waals surface area contributed by atoms with Crippen molar-refractivity contribution in [3.05, 3.63) is 31.1 Å². The molecular weight excluding hydrogens is 105 g/mol. The maximum Gasteiger partial charge on any atom is 0.192 e. The quantitative estimate of drug-likeness (QED) is 0.553. The van der Waals surface area contributed by atoms with Gasteiger partial charge in [-0.25, -0.2) is 4.39 Å². The molecular formula is C6H9FN. The Morgan fingerprint density at radius 3 is 2.38 bits per heavy atom. The number of halogens is 1. The number of nitrogens with two attached hydrogens (primary N) is 1. The van der Waals surface area contributed by atoms with Gasteiger partial charge in [-0.3, -0.25) is 0 Å². The normalized spacial score (nSPS) is 9.25. The van der Waals surface area contributed by atoms with Gasteiger partial charge in [0.15, 0.2) is 6.17 Å². The van der Waals surface area contributed by atoms with Crippen LogP contribution in [0.25, 0.3) is 0 Å². The Morgan fingerprint density at radius 1 is 1.75 bits per heavy atom. The van der Waals surface area contributed by atoms with E-state index in [1.165, 1.54) is 6.08 Å². The van der Waals surface area contributed by atoms with Gasteiger partial charge < -0.3 is 5.73 Å². The van der Waals surface area contributed by atoms with Crippen molar-refractivity contribution in [3.63, 3.8) is 0 Å². The molecule has 8 heavy (non-hydrogen) atoms. The first-order valence-corrected chi connectivity index (χ1v) is 2.25. The topological polar surface area (TPSA) is 26.0 Å². The second-order valence-corrected chi connectivity index (χ2v) is 1.42. The van der Waals surface area contributed by atoms with Gasteiger partial charge in [-0.1, -0.05) is 12.7 Å². The van der Waals surface area contributed by atoms with E-state index in [-0.39, 0.29) is 12.1 Å². The molecule has 0 saturated carbocycles. The first-order valence-electron chi connectivity index (χ1n) is 2.25. The Morgan fingerprint density at radius 2 is 2.25 bits per heavy atom. The van der Waals surface area contributed by atoms with Gasteiger partial charge in [0.25, 0.3) is 0 Å². The van der Waals surface area contributed by atoms with Crippen molar-refractivity contribution >= 4 is 0 Å². The lowest BCUT2D eigenvalue weighted by atomic mass is 10.2. The largest absolute Gasteiger partial charge is 0.400 e.